The van der Waals surface area contributed by atoms with Crippen LogP contribution in [0.5, 0.6) is 0 Å². The zero-order valence-electron chi connectivity index (χ0n) is 11.7. The van der Waals surface area contributed by atoms with Gasteiger partial charge in [-0.2, -0.15) is 0 Å². The summed E-state index contributed by atoms with van der Waals surface area (Å²) in [5.41, 5.74) is 0.118. The van der Waals surface area contributed by atoms with Gasteiger partial charge in [0.25, 0.3) is 5.69 Å². The lowest BCUT2D eigenvalue weighted by molar-refractivity contribution is -0.384. The molecule has 1 heterocycles. The molecule has 1 aromatic rings. The molecule has 1 saturated heterocycles. The number of hydrogen-bond acceptors (Lipinski definition) is 6. The van der Waals surface area contributed by atoms with E-state index < -0.39 is 14.8 Å². The number of nitrogens with one attached hydrogen (secondary N) is 1. The molecule has 1 aliphatic heterocycles. The summed E-state index contributed by atoms with van der Waals surface area (Å²) in [6.45, 7) is 2.09. The van der Waals surface area contributed by atoms with Crippen LogP contribution in [-0.4, -0.2) is 39.4 Å². The van der Waals surface area contributed by atoms with E-state index in [2.05, 4.69) is 5.32 Å². The first-order chi connectivity index (χ1) is 9.88. The number of anilines is 1. The number of nitro groups is 1. The molecule has 0 spiro atoms. The predicted molar refractivity (Wildman–Crippen MR) is 78.2 cm³/mol. The Morgan fingerprint density at radius 3 is 2.81 bits per heavy atom. The van der Waals surface area contributed by atoms with Gasteiger partial charge in [-0.05, 0) is 30.9 Å². The van der Waals surface area contributed by atoms with Crippen molar-refractivity contribution >= 4 is 21.2 Å². The molecule has 1 atom stereocenters. The molecule has 0 bridgehead atoms. The van der Waals surface area contributed by atoms with Gasteiger partial charge in [-0.25, -0.2) is 8.42 Å². The molecular weight excluding hydrogens is 296 g/mol. The van der Waals surface area contributed by atoms with E-state index in [0.717, 1.165) is 38.4 Å². The van der Waals surface area contributed by atoms with Gasteiger partial charge in [0.2, 0.25) is 0 Å². The molecule has 0 saturated carbocycles. The van der Waals surface area contributed by atoms with Crippen molar-refractivity contribution < 1.29 is 18.1 Å². The second kappa shape index (κ2) is 6.40. The molecule has 1 aliphatic rings. The summed E-state index contributed by atoms with van der Waals surface area (Å²) in [5.74, 6) is 0.479. The monoisotopic (exact) mass is 314 g/mol. The zero-order valence-corrected chi connectivity index (χ0v) is 12.6. The second-order valence-electron chi connectivity index (χ2n) is 5.15. The van der Waals surface area contributed by atoms with E-state index >= 15 is 0 Å². The number of nitro benzene ring substituents is 1. The maximum absolute atomic E-state index is 11.5. The lowest BCUT2D eigenvalue weighted by Crippen LogP contribution is -2.10. The molecule has 116 valence electrons. The molecule has 1 aromatic carbocycles. The Bertz CT molecular complexity index is 623. The molecule has 0 amide bonds. The van der Waals surface area contributed by atoms with E-state index in [1.165, 1.54) is 12.1 Å². The SMILES string of the molecule is CS(=O)(=O)c1ccc(NCCC2CCOC2)c([N+](=O)[O-])c1. The van der Waals surface area contributed by atoms with Crippen molar-refractivity contribution in [2.45, 2.75) is 17.7 Å². The Morgan fingerprint density at radius 2 is 2.24 bits per heavy atom. The fourth-order valence-electron chi connectivity index (χ4n) is 2.26. The van der Waals surface area contributed by atoms with Crippen LogP contribution in [0.15, 0.2) is 23.1 Å². The number of benzene rings is 1. The van der Waals surface area contributed by atoms with Gasteiger partial charge in [0.05, 0.1) is 9.82 Å². The summed E-state index contributed by atoms with van der Waals surface area (Å²) in [6, 6.07) is 3.92. The number of ether oxygens (including phenoxy) is 1. The third-order valence-corrected chi connectivity index (χ3v) is 4.60. The Balaban J connectivity index is 2.09. The molecule has 1 unspecified atom stereocenters. The van der Waals surface area contributed by atoms with Crippen molar-refractivity contribution in [1.29, 1.82) is 0 Å². The average molecular weight is 314 g/mol. The van der Waals surface area contributed by atoms with Gasteiger partial charge in [0.1, 0.15) is 5.69 Å². The highest BCUT2D eigenvalue weighted by Gasteiger charge is 2.19. The summed E-state index contributed by atoms with van der Waals surface area (Å²) < 4.78 is 28.2. The highest BCUT2D eigenvalue weighted by molar-refractivity contribution is 7.90. The first-order valence-corrected chi connectivity index (χ1v) is 8.57. The summed E-state index contributed by atoms with van der Waals surface area (Å²) in [6.07, 6.45) is 2.90. The topological polar surface area (TPSA) is 98.5 Å². The predicted octanol–water partition coefficient (Wildman–Crippen LogP) is 1.84. The lowest BCUT2D eigenvalue weighted by Gasteiger charge is -2.10. The minimum absolute atomic E-state index is 0.0519. The van der Waals surface area contributed by atoms with Crippen LogP contribution in [0.2, 0.25) is 0 Å². The molecule has 7 nitrogen and oxygen atoms in total. The molecule has 0 radical (unpaired) electrons. The Hall–Kier alpha value is -1.67. The van der Waals surface area contributed by atoms with E-state index in [9.17, 15) is 18.5 Å². The van der Waals surface area contributed by atoms with E-state index in [0.29, 0.717) is 18.2 Å². The molecule has 1 fully saturated rings. The Morgan fingerprint density at radius 1 is 1.48 bits per heavy atom. The summed E-state index contributed by atoms with van der Waals surface area (Å²) in [7, 11) is -3.46. The van der Waals surface area contributed by atoms with Crippen molar-refractivity contribution in [1.82, 2.24) is 0 Å². The highest BCUT2D eigenvalue weighted by Crippen LogP contribution is 2.28. The van der Waals surface area contributed by atoms with Crippen LogP contribution < -0.4 is 5.32 Å². The van der Waals surface area contributed by atoms with Crippen LogP contribution in [0.4, 0.5) is 11.4 Å². The van der Waals surface area contributed by atoms with Crippen LogP contribution in [0, 0.1) is 16.0 Å². The van der Waals surface area contributed by atoms with Gasteiger partial charge >= 0.3 is 0 Å². The molecule has 1 N–H and O–H groups in total. The Labute approximate surface area is 123 Å². The third-order valence-electron chi connectivity index (χ3n) is 3.49. The van der Waals surface area contributed by atoms with E-state index in [4.69, 9.17) is 4.74 Å². The fraction of sp³-hybridized carbons (Fsp3) is 0.538. The number of hydrogen-bond donors (Lipinski definition) is 1. The fourth-order valence-corrected chi connectivity index (χ4v) is 2.91. The van der Waals surface area contributed by atoms with Crippen LogP contribution in [-0.2, 0) is 14.6 Å². The van der Waals surface area contributed by atoms with Crippen molar-refractivity contribution in [2.75, 3.05) is 31.3 Å². The standard InChI is InChI=1S/C13H18N2O5S/c1-21(18,19)11-2-3-12(13(8-11)15(16)17)14-6-4-10-5-7-20-9-10/h2-3,8,10,14H,4-7,9H2,1H3. The summed E-state index contributed by atoms with van der Waals surface area (Å²) in [4.78, 5) is 10.4. The van der Waals surface area contributed by atoms with Crippen molar-refractivity contribution in [3.8, 4) is 0 Å². The normalized spacial score (nSPS) is 18.6. The van der Waals surface area contributed by atoms with Crippen LogP contribution >= 0.6 is 0 Å². The lowest BCUT2D eigenvalue weighted by atomic mass is 10.1. The van der Waals surface area contributed by atoms with E-state index in [1.54, 1.807) is 0 Å². The molecular formula is C13H18N2O5S. The maximum atomic E-state index is 11.5. The van der Waals surface area contributed by atoms with Crippen molar-refractivity contribution in [3.05, 3.63) is 28.3 Å². The van der Waals surface area contributed by atoms with Gasteiger partial charge in [-0.3, -0.25) is 10.1 Å². The third kappa shape index (κ3) is 4.15. The van der Waals surface area contributed by atoms with Gasteiger partial charge in [-0.1, -0.05) is 0 Å². The van der Waals surface area contributed by atoms with Crippen molar-refractivity contribution in [2.24, 2.45) is 5.92 Å². The van der Waals surface area contributed by atoms with Gasteiger partial charge in [0, 0.05) is 32.1 Å². The largest absolute Gasteiger partial charge is 0.381 e. The average Bonchev–Trinajstić information content (AvgIpc) is 2.90. The number of nitrogens with zero attached hydrogens (tertiary/aromatic N) is 1. The zero-order chi connectivity index (χ0) is 15.5. The molecule has 0 aromatic heterocycles. The highest BCUT2D eigenvalue weighted by atomic mass is 32.2. The van der Waals surface area contributed by atoms with Gasteiger partial charge in [0.15, 0.2) is 9.84 Å². The molecule has 8 heteroatoms. The quantitative estimate of drug-likeness (QED) is 0.635. The van der Waals surface area contributed by atoms with E-state index in [1.807, 2.05) is 0 Å². The van der Waals surface area contributed by atoms with Crippen LogP contribution in [0.1, 0.15) is 12.8 Å². The minimum atomic E-state index is -3.46. The van der Waals surface area contributed by atoms with Crippen LogP contribution in [0.25, 0.3) is 0 Å². The first-order valence-electron chi connectivity index (χ1n) is 6.68. The number of sulfone groups is 1. The van der Waals surface area contributed by atoms with Gasteiger partial charge in [-0.15, -0.1) is 0 Å². The Kier molecular flexibility index (Phi) is 4.79. The van der Waals surface area contributed by atoms with Gasteiger partial charge < -0.3 is 10.1 Å². The first kappa shape index (κ1) is 15.7. The smallest absolute Gasteiger partial charge is 0.293 e. The second-order valence-corrected chi connectivity index (χ2v) is 7.17. The number of rotatable bonds is 6. The van der Waals surface area contributed by atoms with Crippen LogP contribution in [0.3, 0.4) is 0 Å². The summed E-state index contributed by atoms with van der Waals surface area (Å²) >= 11 is 0. The maximum Gasteiger partial charge on any atom is 0.293 e. The molecule has 0 aliphatic carbocycles. The summed E-state index contributed by atoms with van der Waals surface area (Å²) in [5, 5.41) is 14.1. The van der Waals surface area contributed by atoms with Crippen molar-refractivity contribution in [3.63, 3.8) is 0 Å². The molecule has 2 rings (SSSR count). The molecule has 21 heavy (non-hydrogen) atoms. The minimum Gasteiger partial charge on any atom is -0.381 e. The van der Waals surface area contributed by atoms with E-state index in [-0.39, 0.29) is 10.6 Å².